The maximum absolute atomic E-state index is 12.2. The number of fused-ring (bicyclic) bond motifs is 1. The molecule has 0 saturated carbocycles. The highest BCUT2D eigenvalue weighted by Gasteiger charge is 2.20. The van der Waals surface area contributed by atoms with E-state index in [0.29, 0.717) is 0 Å². The summed E-state index contributed by atoms with van der Waals surface area (Å²) >= 11 is 1.67. The molecule has 1 aromatic rings. The number of nitrogens with one attached hydrogen (secondary N) is 1. The molecule has 1 amide bonds. The number of aromatic nitrogens is 1. The van der Waals surface area contributed by atoms with Gasteiger partial charge in [0.05, 0.1) is 5.69 Å². The van der Waals surface area contributed by atoms with Crippen LogP contribution in [0.1, 0.15) is 62.9 Å². The Hall–Kier alpha value is -0.900. The third kappa shape index (κ3) is 3.78. The zero-order chi connectivity index (χ0) is 13.7. The number of thiazole rings is 1. The first-order valence-corrected chi connectivity index (χ1v) is 8.35. The second-order valence-corrected chi connectivity index (χ2v) is 6.42. The van der Waals surface area contributed by atoms with Crippen molar-refractivity contribution in [3.05, 3.63) is 10.6 Å². The summed E-state index contributed by atoms with van der Waals surface area (Å²) in [5, 5.41) is 3.84. The molecule has 1 aliphatic carbocycles. The molecule has 0 aliphatic heterocycles. The Morgan fingerprint density at radius 2 is 2.16 bits per heavy atom. The highest BCUT2D eigenvalue weighted by molar-refractivity contribution is 7.15. The molecule has 1 heterocycles. The highest BCUT2D eigenvalue weighted by Crippen LogP contribution is 2.30. The van der Waals surface area contributed by atoms with Crippen LogP contribution in [0.5, 0.6) is 0 Å². The monoisotopic (exact) mass is 280 g/mol. The van der Waals surface area contributed by atoms with E-state index in [9.17, 15) is 4.79 Å². The van der Waals surface area contributed by atoms with Crippen molar-refractivity contribution in [2.24, 2.45) is 5.92 Å². The summed E-state index contributed by atoms with van der Waals surface area (Å²) in [6, 6.07) is 0. The van der Waals surface area contributed by atoms with Gasteiger partial charge in [-0.3, -0.25) is 4.79 Å². The molecule has 0 radical (unpaired) electrons. The van der Waals surface area contributed by atoms with E-state index in [2.05, 4.69) is 24.1 Å². The van der Waals surface area contributed by atoms with Gasteiger partial charge in [-0.1, -0.05) is 26.7 Å². The number of unbranched alkanes of at least 4 members (excludes halogenated alkanes) is 1. The van der Waals surface area contributed by atoms with Crippen LogP contribution < -0.4 is 5.32 Å². The molecule has 0 fully saturated rings. The second kappa shape index (κ2) is 7.04. The summed E-state index contributed by atoms with van der Waals surface area (Å²) in [5.74, 6) is 0.294. The van der Waals surface area contributed by atoms with E-state index in [1.807, 2.05) is 0 Å². The predicted octanol–water partition coefficient (Wildman–Crippen LogP) is 4.18. The van der Waals surface area contributed by atoms with Crippen LogP contribution in [0.15, 0.2) is 0 Å². The number of nitrogens with zero attached hydrogens (tertiary/aromatic N) is 1. The van der Waals surface area contributed by atoms with Gasteiger partial charge in [-0.25, -0.2) is 4.98 Å². The molecular formula is C15H24N2OS. The molecule has 1 unspecified atom stereocenters. The molecule has 0 bridgehead atoms. The molecular weight excluding hydrogens is 256 g/mol. The molecule has 106 valence electrons. The lowest BCUT2D eigenvalue weighted by Gasteiger charge is -2.12. The fraction of sp³-hybridized carbons (Fsp3) is 0.733. The zero-order valence-electron chi connectivity index (χ0n) is 12.0. The number of hydrogen-bond donors (Lipinski definition) is 1. The summed E-state index contributed by atoms with van der Waals surface area (Å²) in [6.45, 7) is 4.26. The molecule has 19 heavy (non-hydrogen) atoms. The summed E-state index contributed by atoms with van der Waals surface area (Å²) in [5.41, 5.74) is 1.22. The summed E-state index contributed by atoms with van der Waals surface area (Å²) in [7, 11) is 0. The first kappa shape index (κ1) is 14.5. The largest absolute Gasteiger partial charge is 0.302 e. The van der Waals surface area contributed by atoms with Crippen molar-refractivity contribution in [1.82, 2.24) is 4.98 Å². The lowest BCUT2D eigenvalue weighted by atomic mass is 9.99. The molecule has 3 nitrogen and oxygen atoms in total. The maximum Gasteiger partial charge on any atom is 0.229 e. The number of anilines is 1. The molecule has 1 N–H and O–H groups in total. The van der Waals surface area contributed by atoms with Crippen LogP contribution in [0.2, 0.25) is 0 Å². The number of rotatable bonds is 6. The van der Waals surface area contributed by atoms with Crippen LogP contribution in [-0.2, 0) is 17.6 Å². The number of hydrogen-bond acceptors (Lipinski definition) is 3. The van der Waals surface area contributed by atoms with Gasteiger partial charge in [0.1, 0.15) is 0 Å². The van der Waals surface area contributed by atoms with Gasteiger partial charge < -0.3 is 5.32 Å². The molecule has 0 spiro atoms. The fourth-order valence-electron chi connectivity index (χ4n) is 2.58. The Morgan fingerprint density at radius 1 is 1.37 bits per heavy atom. The molecule has 2 rings (SSSR count). The van der Waals surface area contributed by atoms with E-state index in [1.165, 1.54) is 23.4 Å². The van der Waals surface area contributed by atoms with Gasteiger partial charge >= 0.3 is 0 Å². The van der Waals surface area contributed by atoms with E-state index >= 15 is 0 Å². The third-order valence-electron chi connectivity index (χ3n) is 3.85. The topological polar surface area (TPSA) is 42.0 Å². The minimum atomic E-state index is 0.140. The van der Waals surface area contributed by atoms with Crippen LogP contribution >= 0.6 is 11.3 Å². The molecule has 0 aromatic carbocycles. The van der Waals surface area contributed by atoms with Crippen LogP contribution in [-0.4, -0.2) is 10.9 Å². The van der Waals surface area contributed by atoms with E-state index in [0.717, 1.165) is 43.7 Å². The molecule has 4 heteroatoms. The number of carbonyl (C=O) groups is 1. The van der Waals surface area contributed by atoms with Gasteiger partial charge in [0.15, 0.2) is 5.13 Å². The lowest BCUT2D eigenvalue weighted by molar-refractivity contribution is -0.120. The Labute approximate surface area is 119 Å². The Kier molecular flexibility index (Phi) is 5.37. The van der Waals surface area contributed by atoms with E-state index in [4.69, 9.17) is 0 Å². The quantitative estimate of drug-likeness (QED) is 0.849. The van der Waals surface area contributed by atoms with E-state index in [1.54, 1.807) is 11.3 Å². The first-order valence-electron chi connectivity index (χ1n) is 7.54. The van der Waals surface area contributed by atoms with E-state index in [-0.39, 0.29) is 11.8 Å². The van der Waals surface area contributed by atoms with Crippen molar-refractivity contribution in [3.63, 3.8) is 0 Å². The van der Waals surface area contributed by atoms with Gasteiger partial charge in [-0.15, -0.1) is 11.3 Å². The van der Waals surface area contributed by atoms with Gasteiger partial charge in [0.25, 0.3) is 0 Å². The van der Waals surface area contributed by atoms with Crippen LogP contribution in [0.3, 0.4) is 0 Å². The zero-order valence-corrected chi connectivity index (χ0v) is 12.8. The standard InChI is InChI=1S/C15H24N2OS/c1-3-5-8-11(4-2)14(18)17-15-16-12-9-6-7-10-13(12)19-15/h11H,3-10H2,1-2H3,(H,16,17,18). The Balaban J connectivity index is 1.95. The molecule has 0 saturated heterocycles. The Bertz CT molecular complexity index is 404. The van der Waals surface area contributed by atoms with Gasteiger partial charge in [-0.2, -0.15) is 0 Å². The van der Waals surface area contributed by atoms with Crippen molar-refractivity contribution in [1.29, 1.82) is 0 Å². The van der Waals surface area contributed by atoms with Crippen molar-refractivity contribution in [2.75, 3.05) is 5.32 Å². The maximum atomic E-state index is 12.2. The van der Waals surface area contributed by atoms with Crippen LogP contribution in [0.4, 0.5) is 5.13 Å². The van der Waals surface area contributed by atoms with Crippen LogP contribution in [0, 0.1) is 5.92 Å². The van der Waals surface area contributed by atoms with Crippen molar-refractivity contribution < 1.29 is 4.79 Å². The lowest BCUT2D eigenvalue weighted by Crippen LogP contribution is -2.22. The van der Waals surface area contributed by atoms with Gasteiger partial charge in [0, 0.05) is 10.8 Å². The minimum absolute atomic E-state index is 0.140. The summed E-state index contributed by atoms with van der Waals surface area (Å²) < 4.78 is 0. The summed E-state index contributed by atoms with van der Waals surface area (Å²) in [6.07, 6.45) is 8.88. The van der Waals surface area contributed by atoms with Gasteiger partial charge in [-0.05, 0) is 38.5 Å². The average molecular weight is 280 g/mol. The number of aryl methyl sites for hydroxylation is 2. The smallest absolute Gasteiger partial charge is 0.229 e. The third-order valence-corrected chi connectivity index (χ3v) is 4.92. The summed E-state index contributed by atoms with van der Waals surface area (Å²) in [4.78, 5) is 18.2. The fourth-order valence-corrected chi connectivity index (χ4v) is 3.64. The Morgan fingerprint density at radius 3 is 2.84 bits per heavy atom. The molecule has 1 aliphatic rings. The van der Waals surface area contributed by atoms with E-state index < -0.39 is 0 Å². The first-order chi connectivity index (χ1) is 9.24. The number of amides is 1. The SMILES string of the molecule is CCCCC(CC)C(=O)Nc1nc2c(s1)CCCC2. The van der Waals surface area contributed by atoms with Crippen LogP contribution in [0.25, 0.3) is 0 Å². The molecule has 1 atom stereocenters. The minimum Gasteiger partial charge on any atom is -0.302 e. The van der Waals surface area contributed by atoms with Crippen molar-refractivity contribution in [3.8, 4) is 0 Å². The normalized spacial score (nSPS) is 15.9. The second-order valence-electron chi connectivity index (χ2n) is 5.33. The predicted molar refractivity (Wildman–Crippen MR) is 80.7 cm³/mol. The van der Waals surface area contributed by atoms with Crippen molar-refractivity contribution >= 4 is 22.4 Å². The average Bonchev–Trinajstić information content (AvgIpc) is 2.81. The van der Waals surface area contributed by atoms with Crippen molar-refractivity contribution in [2.45, 2.75) is 65.2 Å². The highest BCUT2D eigenvalue weighted by atomic mass is 32.1. The number of carbonyl (C=O) groups excluding carboxylic acids is 1. The van der Waals surface area contributed by atoms with Gasteiger partial charge in [0.2, 0.25) is 5.91 Å². The molecule has 1 aromatic heterocycles.